The van der Waals surface area contributed by atoms with Gasteiger partial charge in [-0.15, -0.1) is 0 Å². The van der Waals surface area contributed by atoms with Gasteiger partial charge in [-0.1, -0.05) is 0 Å². The number of nitrogens with two attached hydrogens (primary N) is 1. The molecule has 2 unspecified atom stereocenters. The molecule has 1 heterocycles. The Labute approximate surface area is 108 Å². The van der Waals surface area contributed by atoms with Crippen LogP contribution in [-0.4, -0.2) is 25.4 Å². The summed E-state index contributed by atoms with van der Waals surface area (Å²) in [6.07, 6.45) is 2.13. The number of hydrogen-bond acceptors (Lipinski definition) is 3. The summed E-state index contributed by atoms with van der Waals surface area (Å²) >= 11 is 3.09. The first-order chi connectivity index (χ1) is 8.19. The van der Waals surface area contributed by atoms with E-state index in [4.69, 9.17) is 15.2 Å². The molecule has 1 saturated heterocycles. The third kappa shape index (κ3) is 3.40. The number of hydrogen-bond donors (Lipinski definition) is 1. The normalized spacial score (nSPS) is 23.9. The van der Waals surface area contributed by atoms with Crippen molar-refractivity contribution in [3.05, 3.63) is 28.5 Å². The van der Waals surface area contributed by atoms with Crippen molar-refractivity contribution >= 4 is 15.9 Å². The lowest BCUT2D eigenvalue weighted by Gasteiger charge is -2.13. The zero-order chi connectivity index (χ0) is 12.3. The van der Waals surface area contributed by atoms with Crippen molar-refractivity contribution in [3.63, 3.8) is 0 Å². The van der Waals surface area contributed by atoms with Crippen molar-refractivity contribution in [3.8, 4) is 5.75 Å². The summed E-state index contributed by atoms with van der Waals surface area (Å²) in [7, 11) is 0. The standard InChI is InChI=1S/C12H15BrFNO2/c13-11-4-3-8(5-12(11)14)16-7-10-2-1-9(6-15)17-10/h3-5,9-10H,1-2,6-7,15H2. The van der Waals surface area contributed by atoms with Crippen LogP contribution in [-0.2, 0) is 4.74 Å². The van der Waals surface area contributed by atoms with Crippen molar-refractivity contribution in [2.75, 3.05) is 13.2 Å². The van der Waals surface area contributed by atoms with E-state index < -0.39 is 0 Å². The summed E-state index contributed by atoms with van der Waals surface area (Å²) in [5.74, 6) is 0.195. The van der Waals surface area contributed by atoms with E-state index in [2.05, 4.69) is 15.9 Å². The van der Waals surface area contributed by atoms with Crippen molar-refractivity contribution in [2.24, 2.45) is 5.73 Å². The van der Waals surface area contributed by atoms with E-state index >= 15 is 0 Å². The molecule has 0 aromatic heterocycles. The topological polar surface area (TPSA) is 44.5 Å². The maximum absolute atomic E-state index is 13.2. The van der Waals surface area contributed by atoms with Gasteiger partial charge in [-0.05, 0) is 40.9 Å². The maximum Gasteiger partial charge on any atom is 0.141 e. The summed E-state index contributed by atoms with van der Waals surface area (Å²) in [5, 5.41) is 0. The van der Waals surface area contributed by atoms with Gasteiger partial charge in [-0.3, -0.25) is 0 Å². The molecule has 0 spiro atoms. The highest BCUT2D eigenvalue weighted by Gasteiger charge is 2.24. The van der Waals surface area contributed by atoms with Gasteiger partial charge in [0.1, 0.15) is 18.2 Å². The Morgan fingerprint density at radius 2 is 2.18 bits per heavy atom. The molecule has 94 valence electrons. The molecule has 2 N–H and O–H groups in total. The Balaban J connectivity index is 1.84. The quantitative estimate of drug-likeness (QED) is 0.929. The largest absolute Gasteiger partial charge is 0.491 e. The van der Waals surface area contributed by atoms with Gasteiger partial charge < -0.3 is 15.2 Å². The lowest BCUT2D eigenvalue weighted by Crippen LogP contribution is -2.23. The molecule has 0 amide bonds. The monoisotopic (exact) mass is 303 g/mol. The molecule has 1 aromatic carbocycles. The van der Waals surface area contributed by atoms with E-state index in [9.17, 15) is 4.39 Å². The molecule has 1 aliphatic heterocycles. The fourth-order valence-electron chi connectivity index (χ4n) is 1.83. The summed E-state index contributed by atoms with van der Waals surface area (Å²) in [4.78, 5) is 0. The molecule has 2 rings (SSSR count). The molecule has 0 bridgehead atoms. The number of halogens is 2. The van der Waals surface area contributed by atoms with Crippen LogP contribution in [0.25, 0.3) is 0 Å². The molecule has 1 aromatic rings. The molecular formula is C12H15BrFNO2. The molecule has 1 fully saturated rings. The molecule has 1 aliphatic rings. The van der Waals surface area contributed by atoms with Gasteiger partial charge >= 0.3 is 0 Å². The lowest BCUT2D eigenvalue weighted by molar-refractivity contribution is 0.0221. The molecule has 17 heavy (non-hydrogen) atoms. The van der Waals surface area contributed by atoms with E-state index in [0.29, 0.717) is 23.4 Å². The zero-order valence-corrected chi connectivity index (χ0v) is 11.0. The summed E-state index contributed by atoms with van der Waals surface area (Å²) in [6, 6.07) is 4.71. The SMILES string of the molecule is NCC1CCC(COc2ccc(Br)c(F)c2)O1. The highest BCUT2D eigenvalue weighted by atomic mass is 79.9. The number of ether oxygens (including phenoxy) is 2. The van der Waals surface area contributed by atoms with Crippen LogP contribution >= 0.6 is 15.9 Å². The van der Waals surface area contributed by atoms with Gasteiger partial charge in [0.15, 0.2) is 0 Å². The van der Waals surface area contributed by atoms with E-state index in [1.54, 1.807) is 12.1 Å². The molecule has 5 heteroatoms. The van der Waals surface area contributed by atoms with Crippen LogP contribution in [0.5, 0.6) is 5.75 Å². The van der Waals surface area contributed by atoms with Gasteiger partial charge in [0, 0.05) is 12.6 Å². The van der Waals surface area contributed by atoms with E-state index in [0.717, 1.165) is 12.8 Å². The van der Waals surface area contributed by atoms with Crippen molar-refractivity contribution in [2.45, 2.75) is 25.0 Å². The molecular weight excluding hydrogens is 289 g/mol. The zero-order valence-electron chi connectivity index (χ0n) is 9.36. The Bertz CT molecular complexity index is 389. The van der Waals surface area contributed by atoms with Crippen molar-refractivity contribution < 1.29 is 13.9 Å². The van der Waals surface area contributed by atoms with Crippen LogP contribution in [0.4, 0.5) is 4.39 Å². The average molecular weight is 304 g/mol. The van der Waals surface area contributed by atoms with Gasteiger partial charge in [-0.25, -0.2) is 4.39 Å². The van der Waals surface area contributed by atoms with Crippen LogP contribution in [0.15, 0.2) is 22.7 Å². The number of benzene rings is 1. The Hall–Kier alpha value is -0.650. The first-order valence-corrected chi connectivity index (χ1v) is 6.41. The second kappa shape index (κ2) is 5.80. The highest BCUT2D eigenvalue weighted by Crippen LogP contribution is 2.23. The Kier molecular flexibility index (Phi) is 4.36. The van der Waals surface area contributed by atoms with E-state index in [-0.39, 0.29) is 18.0 Å². The molecule has 0 radical (unpaired) electrons. The second-order valence-corrected chi connectivity index (χ2v) is 4.93. The van der Waals surface area contributed by atoms with Crippen LogP contribution in [0.1, 0.15) is 12.8 Å². The minimum Gasteiger partial charge on any atom is -0.491 e. The summed E-state index contributed by atoms with van der Waals surface area (Å²) in [6.45, 7) is 0.987. The average Bonchev–Trinajstić information content (AvgIpc) is 2.79. The molecule has 3 nitrogen and oxygen atoms in total. The molecule has 0 saturated carbocycles. The smallest absolute Gasteiger partial charge is 0.141 e. The van der Waals surface area contributed by atoms with Crippen molar-refractivity contribution in [1.29, 1.82) is 0 Å². The van der Waals surface area contributed by atoms with Gasteiger partial charge in [0.2, 0.25) is 0 Å². The lowest BCUT2D eigenvalue weighted by atomic mass is 10.2. The van der Waals surface area contributed by atoms with E-state index in [1.165, 1.54) is 6.07 Å². The predicted octanol–water partition coefficient (Wildman–Crippen LogP) is 2.47. The fraction of sp³-hybridized carbons (Fsp3) is 0.500. The second-order valence-electron chi connectivity index (χ2n) is 4.08. The third-order valence-corrected chi connectivity index (χ3v) is 3.43. The van der Waals surface area contributed by atoms with Crippen molar-refractivity contribution in [1.82, 2.24) is 0 Å². The van der Waals surface area contributed by atoms with Crippen LogP contribution < -0.4 is 10.5 Å². The molecule has 2 atom stereocenters. The first-order valence-electron chi connectivity index (χ1n) is 5.62. The van der Waals surface area contributed by atoms with Crippen LogP contribution in [0, 0.1) is 5.82 Å². The highest BCUT2D eigenvalue weighted by molar-refractivity contribution is 9.10. The maximum atomic E-state index is 13.2. The number of rotatable bonds is 4. The summed E-state index contributed by atoms with van der Waals surface area (Å²) in [5.41, 5.74) is 5.52. The fourth-order valence-corrected chi connectivity index (χ4v) is 2.08. The summed E-state index contributed by atoms with van der Waals surface area (Å²) < 4.78 is 24.8. The predicted molar refractivity (Wildman–Crippen MR) is 66.5 cm³/mol. The van der Waals surface area contributed by atoms with Crippen LogP contribution in [0.3, 0.4) is 0 Å². The Morgan fingerprint density at radius 1 is 1.41 bits per heavy atom. The van der Waals surface area contributed by atoms with Gasteiger partial charge in [-0.2, -0.15) is 0 Å². The third-order valence-electron chi connectivity index (χ3n) is 2.79. The molecule has 0 aliphatic carbocycles. The van der Waals surface area contributed by atoms with E-state index in [1.807, 2.05) is 0 Å². The van der Waals surface area contributed by atoms with Gasteiger partial charge in [0.25, 0.3) is 0 Å². The van der Waals surface area contributed by atoms with Gasteiger partial charge in [0.05, 0.1) is 16.7 Å². The minimum absolute atomic E-state index is 0.0651. The first kappa shape index (κ1) is 12.8. The minimum atomic E-state index is -0.324. The Morgan fingerprint density at radius 3 is 2.82 bits per heavy atom. The van der Waals surface area contributed by atoms with Crippen LogP contribution in [0.2, 0.25) is 0 Å².